The number of fused-ring (bicyclic) bond motifs is 1. The zero-order chi connectivity index (χ0) is 31.7. The summed E-state index contributed by atoms with van der Waals surface area (Å²) in [6.07, 6.45) is -0.383. The summed E-state index contributed by atoms with van der Waals surface area (Å²) in [7, 11) is -2.39. The van der Waals surface area contributed by atoms with E-state index in [0.29, 0.717) is 17.9 Å². The molecule has 11 nitrogen and oxygen atoms in total. The van der Waals surface area contributed by atoms with Crippen LogP contribution in [0.2, 0.25) is 0 Å². The zero-order valence-electron chi connectivity index (χ0n) is 26.3. The minimum atomic E-state index is -4.05. The summed E-state index contributed by atoms with van der Waals surface area (Å²) in [5, 5.41) is 20.2. The van der Waals surface area contributed by atoms with E-state index in [1.165, 1.54) is 16.4 Å². The van der Waals surface area contributed by atoms with Gasteiger partial charge < -0.3 is 30.5 Å². The first kappa shape index (κ1) is 37.3. The fourth-order valence-electron chi connectivity index (χ4n) is 4.74. The van der Waals surface area contributed by atoms with Gasteiger partial charge in [0.2, 0.25) is 28.6 Å². The Bertz CT molecular complexity index is 1330. The number of amides is 2. The minimum absolute atomic E-state index is 0. The molecule has 3 rings (SSSR count). The van der Waals surface area contributed by atoms with Crippen molar-refractivity contribution in [2.75, 3.05) is 26.9 Å². The predicted molar refractivity (Wildman–Crippen MR) is 171 cm³/mol. The molecule has 44 heavy (non-hydrogen) atoms. The molecule has 2 aromatic carbocycles. The lowest BCUT2D eigenvalue weighted by Gasteiger charge is -2.32. The molecule has 13 heteroatoms. The maximum Gasteiger partial charge on any atom is 0.243 e. The molecule has 0 bridgehead atoms. The van der Waals surface area contributed by atoms with E-state index in [1.54, 1.807) is 20.0 Å². The number of benzene rings is 2. The first-order chi connectivity index (χ1) is 20.4. The molecule has 0 spiro atoms. The van der Waals surface area contributed by atoms with E-state index < -0.39 is 40.2 Å². The number of rotatable bonds is 16. The Hall–Kier alpha value is -2.90. The van der Waals surface area contributed by atoms with Crippen molar-refractivity contribution in [3.05, 3.63) is 54.1 Å². The number of aliphatic hydroxyl groups is 1. The van der Waals surface area contributed by atoms with Crippen LogP contribution in [-0.4, -0.2) is 80.8 Å². The van der Waals surface area contributed by atoms with Crippen molar-refractivity contribution >= 4 is 34.2 Å². The van der Waals surface area contributed by atoms with Gasteiger partial charge in [0, 0.05) is 19.2 Å². The smallest absolute Gasteiger partial charge is 0.243 e. The van der Waals surface area contributed by atoms with Crippen molar-refractivity contribution in [2.45, 2.75) is 76.6 Å². The monoisotopic (exact) mass is 654 g/mol. The van der Waals surface area contributed by atoms with Gasteiger partial charge in [-0.1, -0.05) is 64.4 Å². The molecule has 0 saturated carbocycles. The maximum absolute atomic E-state index is 13.8. The van der Waals surface area contributed by atoms with Crippen LogP contribution in [0.1, 0.15) is 46.6 Å². The Morgan fingerprint density at radius 3 is 2.23 bits per heavy atom. The summed E-state index contributed by atoms with van der Waals surface area (Å²) in [6.45, 7) is 9.19. The summed E-state index contributed by atoms with van der Waals surface area (Å²) in [6, 6.07) is 11.6. The van der Waals surface area contributed by atoms with Gasteiger partial charge in [0.15, 0.2) is 11.5 Å². The van der Waals surface area contributed by atoms with Gasteiger partial charge in [-0.2, -0.15) is 4.31 Å². The van der Waals surface area contributed by atoms with Gasteiger partial charge in [0.1, 0.15) is 6.04 Å². The van der Waals surface area contributed by atoms with Gasteiger partial charge in [-0.05, 0) is 49.9 Å². The van der Waals surface area contributed by atoms with Crippen molar-refractivity contribution < 1.29 is 32.6 Å². The molecule has 0 aromatic heterocycles. The SMILES string of the molecule is CCC(C)[C@H](NC(=O)[C@@H](C)NC)C(=O)N[C@@H](Cc1ccccc1)[C@H](O)CN(CC(C)C)S(=O)(=O)c1ccc2c(c1)OCO2.Cl. The average molecular weight is 655 g/mol. The van der Waals surface area contributed by atoms with Crippen LogP contribution in [0, 0.1) is 11.8 Å². The van der Waals surface area contributed by atoms with E-state index in [0.717, 1.165) is 5.56 Å². The highest BCUT2D eigenvalue weighted by atomic mass is 35.5. The quantitative estimate of drug-likeness (QED) is 0.216. The molecule has 0 fully saturated rings. The highest BCUT2D eigenvalue weighted by molar-refractivity contribution is 7.89. The van der Waals surface area contributed by atoms with E-state index in [9.17, 15) is 23.1 Å². The second kappa shape index (κ2) is 17.0. The molecular formula is C31H47ClN4O7S. The summed E-state index contributed by atoms with van der Waals surface area (Å²) in [5.41, 5.74) is 0.855. The lowest BCUT2D eigenvalue weighted by Crippen LogP contribution is -2.58. The molecule has 0 saturated heterocycles. The van der Waals surface area contributed by atoms with Crippen molar-refractivity contribution in [1.29, 1.82) is 0 Å². The minimum Gasteiger partial charge on any atom is -0.454 e. The van der Waals surface area contributed by atoms with Crippen molar-refractivity contribution in [3.63, 3.8) is 0 Å². The second-order valence-corrected chi connectivity index (χ2v) is 13.4. The molecule has 2 amide bonds. The van der Waals surface area contributed by atoms with Crippen LogP contribution in [0.5, 0.6) is 11.5 Å². The Balaban J connectivity index is 0.00000675. The molecule has 1 aliphatic rings. The van der Waals surface area contributed by atoms with Crippen molar-refractivity contribution in [2.24, 2.45) is 11.8 Å². The molecule has 246 valence electrons. The number of halogens is 1. The largest absolute Gasteiger partial charge is 0.454 e. The van der Waals surface area contributed by atoms with E-state index in [-0.39, 0.29) is 61.3 Å². The number of hydrogen-bond donors (Lipinski definition) is 4. The predicted octanol–water partition coefficient (Wildman–Crippen LogP) is 2.71. The van der Waals surface area contributed by atoms with Crippen LogP contribution >= 0.6 is 12.4 Å². The molecule has 1 heterocycles. The number of ether oxygens (including phenoxy) is 2. The van der Waals surface area contributed by atoms with Crippen LogP contribution in [-0.2, 0) is 26.0 Å². The van der Waals surface area contributed by atoms with Gasteiger partial charge in [0.05, 0.1) is 23.1 Å². The maximum atomic E-state index is 13.8. The lowest BCUT2D eigenvalue weighted by molar-refractivity contribution is -0.131. The number of nitrogens with zero attached hydrogens (tertiary/aromatic N) is 1. The Morgan fingerprint density at radius 2 is 1.61 bits per heavy atom. The summed E-state index contributed by atoms with van der Waals surface area (Å²) in [5.74, 6) is -0.192. The number of carbonyl (C=O) groups excluding carboxylic acids is 2. The molecule has 1 aliphatic heterocycles. The molecule has 1 unspecified atom stereocenters. The van der Waals surface area contributed by atoms with Crippen LogP contribution in [0.15, 0.2) is 53.4 Å². The number of carbonyl (C=O) groups is 2. The van der Waals surface area contributed by atoms with E-state index in [1.807, 2.05) is 58.0 Å². The second-order valence-electron chi connectivity index (χ2n) is 11.5. The number of sulfonamides is 1. The molecule has 0 radical (unpaired) electrons. The number of likely N-dealkylation sites (N-methyl/N-ethyl adjacent to an activating group) is 1. The van der Waals surface area contributed by atoms with Crippen LogP contribution < -0.4 is 25.4 Å². The number of nitrogens with one attached hydrogen (secondary N) is 3. The van der Waals surface area contributed by atoms with Crippen LogP contribution in [0.3, 0.4) is 0 Å². The highest BCUT2D eigenvalue weighted by Crippen LogP contribution is 2.35. The molecule has 4 N–H and O–H groups in total. The number of aliphatic hydroxyl groups excluding tert-OH is 1. The van der Waals surface area contributed by atoms with E-state index in [4.69, 9.17) is 9.47 Å². The van der Waals surface area contributed by atoms with Gasteiger partial charge in [-0.25, -0.2) is 8.42 Å². The Morgan fingerprint density at radius 1 is 0.955 bits per heavy atom. The fourth-order valence-corrected chi connectivity index (χ4v) is 6.37. The summed E-state index contributed by atoms with van der Waals surface area (Å²) >= 11 is 0. The molecular weight excluding hydrogens is 608 g/mol. The fraction of sp³-hybridized carbons (Fsp3) is 0.548. The third-order valence-corrected chi connectivity index (χ3v) is 9.48. The summed E-state index contributed by atoms with van der Waals surface area (Å²) in [4.78, 5) is 26.4. The van der Waals surface area contributed by atoms with Gasteiger partial charge >= 0.3 is 0 Å². The third-order valence-electron chi connectivity index (χ3n) is 7.65. The zero-order valence-corrected chi connectivity index (χ0v) is 27.9. The van der Waals surface area contributed by atoms with Crippen LogP contribution in [0.4, 0.5) is 0 Å². The normalized spacial score (nSPS) is 16.0. The van der Waals surface area contributed by atoms with E-state index in [2.05, 4.69) is 16.0 Å². The Kier molecular flexibility index (Phi) is 14.4. The van der Waals surface area contributed by atoms with Crippen molar-refractivity contribution in [3.8, 4) is 11.5 Å². The molecule has 0 aliphatic carbocycles. The average Bonchev–Trinajstić information content (AvgIpc) is 3.46. The third kappa shape index (κ3) is 9.80. The molecule has 5 atom stereocenters. The van der Waals surface area contributed by atoms with E-state index >= 15 is 0 Å². The Labute approximate surface area is 267 Å². The van der Waals surface area contributed by atoms with Crippen molar-refractivity contribution in [1.82, 2.24) is 20.3 Å². The topological polar surface area (TPSA) is 146 Å². The molecule has 2 aromatic rings. The lowest BCUT2D eigenvalue weighted by atomic mass is 9.95. The van der Waals surface area contributed by atoms with Crippen LogP contribution in [0.25, 0.3) is 0 Å². The summed E-state index contributed by atoms with van der Waals surface area (Å²) < 4.78 is 39.6. The first-order valence-corrected chi connectivity index (χ1v) is 16.2. The van der Waals surface area contributed by atoms with Gasteiger partial charge in [0.25, 0.3) is 0 Å². The highest BCUT2D eigenvalue weighted by Gasteiger charge is 2.34. The first-order valence-electron chi connectivity index (χ1n) is 14.8. The van der Waals surface area contributed by atoms with Gasteiger partial charge in [-0.3, -0.25) is 9.59 Å². The van der Waals surface area contributed by atoms with Gasteiger partial charge in [-0.15, -0.1) is 12.4 Å². The number of hydrogen-bond acceptors (Lipinski definition) is 8. The standard InChI is InChI=1S/C31H46N4O7S.ClH/c1-7-21(4)29(34-30(37)22(5)32-6)31(38)33-25(15-23-11-9-8-10-12-23)26(36)18-35(17-20(2)3)43(39,40)24-13-14-27-28(16-24)42-19-41-27;/h8-14,16,20-22,25-26,29,32,36H,7,15,17-19H2,1-6H3,(H,33,38)(H,34,37);1H/t21?,22-,25+,26-,29+;/m1./s1.